The molecule has 0 amide bonds. The molecule has 2 atom stereocenters. The standard InChI is InChI=1S/C11H24N2O/c1-4-13(3)7-6-12-10(2)11-5-8-14-9-11/h10-12H,4-9H2,1-3H3. The maximum Gasteiger partial charge on any atom is 0.0509 e. The van der Waals surface area contributed by atoms with Crippen LogP contribution in [0.4, 0.5) is 0 Å². The van der Waals surface area contributed by atoms with Gasteiger partial charge in [0.15, 0.2) is 0 Å². The molecule has 1 aliphatic heterocycles. The number of likely N-dealkylation sites (N-methyl/N-ethyl adjacent to an activating group) is 1. The maximum atomic E-state index is 5.38. The highest BCUT2D eigenvalue weighted by molar-refractivity contribution is 4.75. The van der Waals surface area contributed by atoms with Crippen molar-refractivity contribution < 1.29 is 4.74 Å². The predicted octanol–water partition coefficient (Wildman–Crippen LogP) is 0.953. The highest BCUT2D eigenvalue weighted by Gasteiger charge is 2.21. The Morgan fingerprint density at radius 1 is 1.57 bits per heavy atom. The van der Waals surface area contributed by atoms with Gasteiger partial charge < -0.3 is 15.0 Å². The molecule has 3 nitrogen and oxygen atoms in total. The van der Waals surface area contributed by atoms with E-state index in [0.717, 1.165) is 38.8 Å². The van der Waals surface area contributed by atoms with Crippen molar-refractivity contribution in [2.24, 2.45) is 5.92 Å². The summed E-state index contributed by atoms with van der Waals surface area (Å²) in [5.74, 6) is 0.724. The molecule has 0 saturated carbocycles. The van der Waals surface area contributed by atoms with Gasteiger partial charge in [-0.3, -0.25) is 0 Å². The Kier molecular flexibility index (Phi) is 5.45. The van der Waals surface area contributed by atoms with Crippen molar-refractivity contribution in [1.82, 2.24) is 10.2 Å². The lowest BCUT2D eigenvalue weighted by Crippen LogP contribution is -2.38. The highest BCUT2D eigenvalue weighted by Crippen LogP contribution is 2.15. The molecule has 14 heavy (non-hydrogen) atoms. The normalized spacial score (nSPS) is 24.4. The summed E-state index contributed by atoms with van der Waals surface area (Å²) < 4.78 is 5.38. The third-order valence-corrected chi connectivity index (χ3v) is 3.17. The van der Waals surface area contributed by atoms with Crippen LogP contribution in [0.1, 0.15) is 20.3 Å². The average molecular weight is 200 g/mol. The largest absolute Gasteiger partial charge is 0.381 e. The first-order chi connectivity index (χ1) is 6.74. The lowest BCUT2D eigenvalue weighted by Gasteiger charge is -2.21. The van der Waals surface area contributed by atoms with Crippen LogP contribution in [0.3, 0.4) is 0 Å². The van der Waals surface area contributed by atoms with Crippen LogP contribution in [0.25, 0.3) is 0 Å². The predicted molar refractivity (Wildman–Crippen MR) is 59.6 cm³/mol. The van der Waals surface area contributed by atoms with Gasteiger partial charge in [-0.05, 0) is 32.9 Å². The van der Waals surface area contributed by atoms with Gasteiger partial charge in [0.05, 0.1) is 6.61 Å². The van der Waals surface area contributed by atoms with Crippen molar-refractivity contribution in [3.63, 3.8) is 0 Å². The minimum atomic E-state index is 0.600. The monoisotopic (exact) mass is 200 g/mol. The minimum absolute atomic E-state index is 0.600. The quantitative estimate of drug-likeness (QED) is 0.691. The molecule has 0 aromatic rings. The number of hydrogen-bond donors (Lipinski definition) is 1. The first-order valence-corrected chi connectivity index (χ1v) is 5.73. The third-order valence-electron chi connectivity index (χ3n) is 3.17. The van der Waals surface area contributed by atoms with E-state index >= 15 is 0 Å². The molecule has 1 aliphatic rings. The van der Waals surface area contributed by atoms with Crippen LogP contribution in [0.15, 0.2) is 0 Å². The zero-order valence-corrected chi connectivity index (χ0v) is 9.75. The molecule has 1 rings (SSSR count). The van der Waals surface area contributed by atoms with Crippen LogP contribution in [-0.4, -0.2) is 50.8 Å². The van der Waals surface area contributed by atoms with Crippen molar-refractivity contribution in [3.8, 4) is 0 Å². The van der Waals surface area contributed by atoms with Gasteiger partial charge in [-0.25, -0.2) is 0 Å². The van der Waals surface area contributed by atoms with E-state index in [-0.39, 0.29) is 0 Å². The molecule has 0 spiro atoms. The van der Waals surface area contributed by atoms with E-state index in [9.17, 15) is 0 Å². The molecular formula is C11H24N2O. The summed E-state index contributed by atoms with van der Waals surface area (Å²) in [6, 6.07) is 0.600. The molecule has 1 fully saturated rings. The van der Waals surface area contributed by atoms with E-state index in [1.807, 2.05) is 0 Å². The van der Waals surface area contributed by atoms with Gasteiger partial charge in [-0.2, -0.15) is 0 Å². The summed E-state index contributed by atoms with van der Waals surface area (Å²) in [5.41, 5.74) is 0. The second-order valence-corrected chi connectivity index (χ2v) is 4.26. The summed E-state index contributed by atoms with van der Waals surface area (Å²) in [4.78, 5) is 2.32. The molecule has 0 aromatic carbocycles. The van der Waals surface area contributed by atoms with Gasteiger partial charge >= 0.3 is 0 Å². The zero-order valence-electron chi connectivity index (χ0n) is 9.75. The van der Waals surface area contributed by atoms with Crippen LogP contribution in [0, 0.1) is 5.92 Å². The fourth-order valence-electron chi connectivity index (χ4n) is 1.75. The van der Waals surface area contributed by atoms with E-state index in [1.54, 1.807) is 0 Å². The number of nitrogens with zero attached hydrogens (tertiary/aromatic N) is 1. The van der Waals surface area contributed by atoms with E-state index in [2.05, 4.69) is 31.1 Å². The van der Waals surface area contributed by atoms with Crippen LogP contribution in [0.5, 0.6) is 0 Å². The van der Waals surface area contributed by atoms with E-state index in [4.69, 9.17) is 4.74 Å². The molecule has 1 N–H and O–H groups in total. The molecule has 3 heteroatoms. The molecular weight excluding hydrogens is 176 g/mol. The molecule has 0 aromatic heterocycles. The van der Waals surface area contributed by atoms with Crippen molar-refractivity contribution >= 4 is 0 Å². The summed E-state index contributed by atoms with van der Waals surface area (Å²) in [6.07, 6.45) is 1.22. The number of rotatable bonds is 6. The Morgan fingerprint density at radius 3 is 2.93 bits per heavy atom. The van der Waals surface area contributed by atoms with Crippen LogP contribution >= 0.6 is 0 Å². The summed E-state index contributed by atoms with van der Waals surface area (Å²) in [7, 11) is 2.16. The topological polar surface area (TPSA) is 24.5 Å². The molecule has 1 saturated heterocycles. The number of nitrogens with one attached hydrogen (secondary N) is 1. The molecule has 2 unspecified atom stereocenters. The van der Waals surface area contributed by atoms with Gasteiger partial charge in [0.25, 0.3) is 0 Å². The van der Waals surface area contributed by atoms with Crippen molar-refractivity contribution in [1.29, 1.82) is 0 Å². The van der Waals surface area contributed by atoms with Crippen LogP contribution < -0.4 is 5.32 Å². The smallest absolute Gasteiger partial charge is 0.0509 e. The second kappa shape index (κ2) is 6.38. The summed E-state index contributed by atoms with van der Waals surface area (Å²) >= 11 is 0. The van der Waals surface area contributed by atoms with Crippen molar-refractivity contribution in [3.05, 3.63) is 0 Å². The van der Waals surface area contributed by atoms with Crippen molar-refractivity contribution in [2.45, 2.75) is 26.3 Å². The second-order valence-electron chi connectivity index (χ2n) is 4.26. The fourth-order valence-corrected chi connectivity index (χ4v) is 1.75. The molecule has 84 valence electrons. The Bertz CT molecular complexity index is 146. The van der Waals surface area contributed by atoms with Gasteiger partial charge in [-0.15, -0.1) is 0 Å². The van der Waals surface area contributed by atoms with Crippen LogP contribution in [0.2, 0.25) is 0 Å². The van der Waals surface area contributed by atoms with Crippen molar-refractivity contribution in [2.75, 3.05) is 39.9 Å². The fraction of sp³-hybridized carbons (Fsp3) is 1.00. The lowest BCUT2D eigenvalue weighted by atomic mass is 10.0. The number of ether oxygens (including phenoxy) is 1. The molecule has 1 heterocycles. The van der Waals surface area contributed by atoms with Gasteiger partial charge in [0.1, 0.15) is 0 Å². The zero-order chi connectivity index (χ0) is 10.4. The molecule has 0 aliphatic carbocycles. The number of hydrogen-bond acceptors (Lipinski definition) is 3. The third kappa shape index (κ3) is 3.95. The summed E-state index contributed by atoms with van der Waals surface area (Å²) in [5, 5.41) is 3.57. The van der Waals surface area contributed by atoms with Gasteiger partial charge in [0, 0.05) is 25.7 Å². The Morgan fingerprint density at radius 2 is 2.36 bits per heavy atom. The Labute approximate surface area is 87.8 Å². The average Bonchev–Trinajstić information content (AvgIpc) is 2.70. The van der Waals surface area contributed by atoms with Crippen LogP contribution in [-0.2, 0) is 4.74 Å². The van der Waals surface area contributed by atoms with Gasteiger partial charge in [-0.1, -0.05) is 6.92 Å². The highest BCUT2D eigenvalue weighted by atomic mass is 16.5. The van der Waals surface area contributed by atoms with Gasteiger partial charge in [0.2, 0.25) is 0 Å². The first-order valence-electron chi connectivity index (χ1n) is 5.73. The Hall–Kier alpha value is -0.120. The maximum absolute atomic E-state index is 5.38. The lowest BCUT2D eigenvalue weighted by molar-refractivity contribution is 0.178. The van der Waals surface area contributed by atoms with E-state index in [1.165, 1.54) is 6.42 Å². The molecule has 0 radical (unpaired) electrons. The Balaban J connectivity index is 2.05. The minimum Gasteiger partial charge on any atom is -0.381 e. The van der Waals surface area contributed by atoms with E-state index < -0.39 is 0 Å². The summed E-state index contributed by atoms with van der Waals surface area (Å²) in [6.45, 7) is 9.70. The molecule has 0 bridgehead atoms. The SMILES string of the molecule is CCN(C)CCNC(C)C1CCOC1. The first kappa shape index (κ1) is 12.0. The van der Waals surface area contributed by atoms with E-state index in [0.29, 0.717) is 6.04 Å².